The molecule has 6 rings (SSSR count). The number of rotatable bonds is 4. The van der Waals surface area contributed by atoms with Crippen molar-refractivity contribution < 1.29 is 28.7 Å². The Balaban J connectivity index is 1.55. The number of methoxy groups -OCH3 is 2. The number of hydrogen-bond donors (Lipinski definition) is 0. The van der Waals surface area contributed by atoms with Gasteiger partial charge in [-0.2, -0.15) is 0 Å². The van der Waals surface area contributed by atoms with Crippen molar-refractivity contribution in [3.05, 3.63) is 59.7 Å². The van der Waals surface area contributed by atoms with Gasteiger partial charge in [0, 0.05) is 14.1 Å². The minimum absolute atomic E-state index is 0.296. The first kappa shape index (κ1) is 22.7. The first-order valence-corrected chi connectivity index (χ1v) is 11.8. The highest BCUT2D eigenvalue weighted by Gasteiger charge is 2.72. The summed E-state index contributed by atoms with van der Waals surface area (Å²) in [4.78, 5) is 56.1. The highest BCUT2D eigenvalue weighted by atomic mass is 16.5. The molecule has 6 atom stereocenters. The van der Waals surface area contributed by atoms with Crippen molar-refractivity contribution in [3.8, 4) is 11.5 Å². The molecular weight excluding hydrogens is 464 g/mol. The second kappa shape index (κ2) is 7.87. The van der Waals surface area contributed by atoms with E-state index in [-0.39, 0.29) is 23.6 Å². The van der Waals surface area contributed by atoms with Crippen LogP contribution in [0.15, 0.2) is 48.5 Å². The van der Waals surface area contributed by atoms with Crippen LogP contribution in [0.3, 0.4) is 0 Å². The fourth-order valence-corrected chi connectivity index (χ4v) is 6.38. The molecular formula is C26H26N4O6. The smallest absolute Gasteiger partial charge is 0.248 e. The second-order valence-electron chi connectivity index (χ2n) is 9.61. The molecule has 0 spiro atoms. The third kappa shape index (κ3) is 2.79. The van der Waals surface area contributed by atoms with E-state index in [1.807, 2.05) is 34.3 Å². The van der Waals surface area contributed by atoms with Crippen molar-refractivity contribution in [1.29, 1.82) is 0 Å². The molecule has 0 unspecified atom stereocenters. The largest absolute Gasteiger partial charge is 0.497 e. The Kier molecular flexibility index (Phi) is 4.96. The molecule has 2 aromatic rings. The quantitative estimate of drug-likeness (QED) is 0.586. The summed E-state index contributed by atoms with van der Waals surface area (Å²) in [5, 5.41) is 3.67. The topological polar surface area (TPSA) is 99.7 Å². The molecule has 0 radical (unpaired) electrons. The Bertz CT molecular complexity index is 1180. The molecule has 2 aromatic carbocycles. The summed E-state index contributed by atoms with van der Waals surface area (Å²) in [7, 11) is 6.11. The summed E-state index contributed by atoms with van der Waals surface area (Å²) < 4.78 is 10.6. The van der Waals surface area contributed by atoms with Crippen LogP contribution in [-0.4, -0.2) is 83.8 Å². The number of ether oxygens (including phenoxy) is 2. The number of hydrazine groups is 1. The Morgan fingerprint density at radius 3 is 1.17 bits per heavy atom. The predicted octanol–water partition coefficient (Wildman–Crippen LogP) is 0.999. The van der Waals surface area contributed by atoms with Crippen LogP contribution in [0.4, 0.5) is 0 Å². The van der Waals surface area contributed by atoms with Crippen LogP contribution in [0.2, 0.25) is 0 Å². The van der Waals surface area contributed by atoms with Crippen molar-refractivity contribution >= 4 is 23.6 Å². The average Bonchev–Trinajstić information content (AvgIpc) is 3.55. The number of nitrogens with zero attached hydrogens (tertiary/aromatic N) is 4. The minimum Gasteiger partial charge on any atom is -0.497 e. The summed E-state index contributed by atoms with van der Waals surface area (Å²) in [6, 6.07) is 11.7. The van der Waals surface area contributed by atoms with Gasteiger partial charge in [-0.1, -0.05) is 24.3 Å². The van der Waals surface area contributed by atoms with Crippen LogP contribution >= 0.6 is 0 Å². The molecule has 0 N–H and O–H groups in total. The van der Waals surface area contributed by atoms with Gasteiger partial charge in [-0.25, -0.2) is 10.0 Å². The lowest BCUT2D eigenvalue weighted by Crippen LogP contribution is -2.49. The fourth-order valence-electron chi connectivity index (χ4n) is 6.38. The van der Waals surface area contributed by atoms with Crippen LogP contribution in [0.1, 0.15) is 23.2 Å². The summed E-state index contributed by atoms with van der Waals surface area (Å²) in [5.74, 6) is -1.39. The first-order valence-electron chi connectivity index (χ1n) is 11.8. The maximum Gasteiger partial charge on any atom is 0.248 e. The zero-order valence-electron chi connectivity index (χ0n) is 20.3. The van der Waals surface area contributed by atoms with E-state index >= 15 is 0 Å². The zero-order chi connectivity index (χ0) is 25.5. The molecule has 10 nitrogen and oxygen atoms in total. The lowest BCUT2D eigenvalue weighted by atomic mass is 9.84. The van der Waals surface area contributed by atoms with Crippen LogP contribution in [0, 0.1) is 11.8 Å². The van der Waals surface area contributed by atoms with Gasteiger partial charge in [0.05, 0.1) is 38.1 Å². The molecule has 10 heteroatoms. The summed E-state index contributed by atoms with van der Waals surface area (Å²) in [6.45, 7) is 0. The van der Waals surface area contributed by atoms with Crippen LogP contribution in [0.25, 0.3) is 0 Å². The molecule has 4 aliphatic heterocycles. The number of likely N-dealkylation sites (N-methyl/N-ethyl adjacent to an activating group) is 2. The predicted molar refractivity (Wildman–Crippen MR) is 125 cm³/mol. The van der Waals surface area contributed by atoms with Crippen molar-refractivity contribution in [2.24, 2.45) is 11.8 Å². The van der Waals surface area contributed by atoms with Crippen LogP contribution in [-0.2, 0) is 19.2 Å². The van der Waals surface area contributed by atoms with Gasteiger partial charge in [0.25, 0.3) is 0 Å². The third-order valence-electron chi connectivity index (χ3n) is 8.08. The van der Waals surface area contributed by atoms with E-state index in [0.29, 0.717) is 11.5 Å². The Morgan fingerprint density at radius 1 is 0.528 bits per heavy atom. The van der Waals surface area contributed by atoms with Gasteiger partial charge < -0.3 is 9.47 Å². The van der Waals surface area contributed by atoms with E-state index in [9.17, 15) is 19.2 Å². The average molecular weight is 491 g/mol. The number of imide groups is 2. The van der Waals surface area contributed by atoms with E-state index in [2.05, 4.69) is 0 Å². The van der Waals surface area contributed by atoms with Crippen molar-refractivity contribution in [2.75, 3.05) is 28.3 Å². The first-order chi connectivity index (χ1) is 17.3. The number of hydrogen-bond acceptors (Lipinski definition) is 8. The molecule has 4 saturated heterocycles. The SMILES string of the molecule is COc1ccc([C@@H]2[C@@H]3C(=O)N(C)C(=O)[C@@H]3N3[C@H](c4ccc(OC)cc4)[C@H]4C(=O)N(C)C(=O)[C@H]4N23)cc1. The van der Waals surface area contributed by atoms with Crippen molar-refractivity contribution in [1.82, 2.24) is 19.8 Å². The molecule has 0 bridgehead atoms. The zero-order valence-corrected chi connectivity index (χ0v) is 20.3. The summed E-state index contributed by atoms with van der Waals surface area (Å²) in [6.07, 6.45) is 0. The van der Waals surface area contributed by atoms with E-state index in [1.54, 1.807) is 38.5 Å². The maximum atomic E-state index is 13.5. The summed E-state index contributed by atoms with van der Waals surface area (Å²) in [5.41, 5.74) is 1.54. The van der Waals surface area contributed by atoms with Crippen LogP contribution in [0.5, 0.6) is 11.5 Å². The Morgan fingerprint density at radius 2 is 0.861 bits per heavy atom. The minimum atomic E-state index is -0.821. The molecule has 4 aliphatic rings. The molecule has 4 fully saturated rings. The maximum absolute atomic E-state index is 13.5. The third-order valence-corrected chi connectivity index (χ3v) is 8.08. The van der Waals surface area contributed by atoms with Gasteiger partial charge >= 0.3 is 0 Å². The Labute approximate surface area is 207 Å². The Hall–Kier alpha value is -3.76. The molecule has 4 heterocycles. The van der Waals surface area contributed by atoms with Crippen LogP contribution < -0.4 is 9.47 Å². The standard InChI is InChI=1S/C26H26N4O6/c1-27-23(31)17-19(13-5-9-15(35-3)10-6-13)30-22-18(24(32)28(2)26(22)34)20(29(30)21(17)25(27)33)14-7-11-16(36-4)12-8-14/h5-12,17-22H,1-4H3/t17-,18+,19-,20-,21+,22-/m1/s1. The summed E-state index contributed by atoms with van der Waals surface area (Å²) >= 11 is 0. The van der Waals surface area contributed by atoms with Gasteiger partial charge in [0.1, 0.15) is 23.6 Å². The normalized spacial score (nSPS) is 31.8. The van der Waals surface area contributed by atoms with Crippen molar-refractivity contribution in [3.63, 3.8) is 0 Å². The van der Waals surface area contributed by atoms with E-state index in [0.717, 1.165) is 20.9 Å². The van der Waals surface area contributed by atoms with Gasteiger partial charge in [0.15, 0.2) is 0 Å². The highest BCUT2D eigenvalue weighted by Crippen LogP contribution is 2.58. The lowest BCUT2D eigenvalue weighted by Gasteiger charge is -2.35. The number of carbonyl (C=O) groups is 4. The van der Waals surface area contributed by atoms with Crippen molar-refractivity contribution in [2.45, 2.75) is 24.2 Å². The molecule has 36 heavy (non-hydrogen) atoms. The van der Waals surface area contributed by atoms with Gasteiger partial charge in [-0.15, -0.1) is 0 Å². The number of benzene rings is 2. The number of carbonyl (C=O) groups excluding carboxylic acids is 4. The lowest BCUT2D eigenvalue weighted by molar-refractivity contribution is -0.151. The monoisotopic (exact) mass is 490 g/mol. The molecule has 0 aromatic heterocycles. The number of fused-ring (bicyclic) bond motifs is 5. The number of amides is 4. The van der Waals surface area contributed by atoms with E-state index in [4.69, 9.17) is 9.47 Å². The van der Waals surface area contributed by atoms with Gasteiger partial charge in [-0.05, 0) is 35.4 Å². The molecule has 4 amide bonds. The molecule has 186 valence electrons. The van der Waals surface area contributed by atoms with E-state index in [1.165, 1.54) is 14.1 Å². The van der Waals surface area contributed by atoms with Gasteiger partial charge in [0.2, 0.25) is 23.6 Å². The molecule has 0 saturated carbocycles. The van der Waals surface area contributed by atoms with Gasteiger partial charge in [-0.3, -0.25) is 29.0 Å². The number of likely N-dealkylation sites (tertiary alicyclic amines) is 2. The second-order valence-corrected chi connectivity index (χ2v) is 9.61. The molecule has 0 aliphatic carbocycles. The van der Waals surface area contributed by atoms with E-state index < -0.39 is 36.0 Å². The fraction of sp³-hybridized carbons (Fsp3) is 0.385. The highest BCUT2D eigenvalue weighted by molar-refractivity contribution is 6.10.